The molecule has 4 rings (SSSR count). The van der Waals surface area contributed by atoms with Crippen LogP contribution in [0.25, 0.3) is 5.69 Å². The standard InChI is InChI=1S/C22H24N4O3/c1-17(29-21-11-12-26(24-21)20-5-3-2-4-6-20)22(27)23-18-7-9-19(10-8-18)25-13-15-28-16-14-25/h2-12,17H,13-16H2,1H3,(H,23,27). The summed E-state index contributed by atoms with van der Waals surface area (Å²) in [7, 11) is 0. The number of benzene rings is 2. The minimum absolute atomic E-state index is 0.224. The molecule has 7 heteroatoms. The highest BCUT2D eigenvalue weighted by atomic mass is 16.5. The van der Waals surface area contributed by atoms with E-state index >= 15 is 0 Å². The van der Waals surface area contributed by atoms with E-state index in [0.717, 1.165) is 43.4 Å². The maximum atomic E-state index is 12.5. The SMILES string of the molecule is CC(Oc1ccn(-c2ccccc2)n1)C(=O)Nc1ccc(N2CCOCC2)cc1. The first-order valence-electron chi connectivity index (χ1n) is 9.70. The molecule has 0 radical (unpaired) electrons. The van der Waals surface area contributed by atoms with E-state index in [4.69, 9.17) is 9.47 Å². The van der Waals surface area contributed by atoms with Gasteiger partial charge in [-0.05, 0) is 43.3 Å². The maximum absolute atomic E-state index is 12.5. The van der Waals surface area contributed by atoms with E-state index in [9.17, 15) is 4.79 Å². The number of aromatic nitrogens is 2. The summed E-state index contributed by atoms with van der Waals surface area (Å²) in [4.78, 5) is 14.8. The number of nitrogens with one attached hydrogen (secondary N) is 1. The minimum atomic E-state index is -0.673. The summed E-state index contributed by atoms with van der Waals surface area (Å²) in [5.41, 5.74) is 2.79. The number of para-hydroxylation sites is 1. The largest absolute Gasteiger partial charge is 0.463 e. The number of carbonyl (C=O) groups is 1. The quantitative estimate of drug-likeness (QED) is 0.698. The molecule has 2 heterocycles. The second kappa shape index (κ2) is 8.79. The lowest BCUT2D eigenvalue weighted by Gasteiger charge is -2.28. The van der Waals surface area contributed by atoms with Crippen molar-refractivity contribution >= 4 is 17.3 Å². The Kier molecular flexibility index (Phi) is 5.76. The highest BCUT2D eigenvalue weighted by Gasteiger charge is 2.17. The van der Waals surface area contributed by atoms with Crippen LogP contribution in [0.5, 0.6) is 5.88 Å². The van der Waals surface area contributed by atoms with E-state index in [1.807, 2.05) is 54.6 Å². The lowest BCUT2D eigenvalue weighted by molar-refractivity contribution is -0.122. The van der Waals surface area contributed by atoms with Crippen molar-refractivity contribution in [3.8, 4) is 11.6 Å². The highest BCUT2D eigenvalue weighted by molar-refractivity contribution is 5.94. The van der Waals surface area contributed by atoms with E-state index in [1.165, 1.54) is 0 Å². The Morgan fingerprint density at radius 1 is 1.03 bits per heavy atom. The lowest BCUT2D eigenvalue weighted by Crippen LogP contribution is -2.36. The normalized spacial score (nSPS) is 15.0. The van der Waals surface area contributed by atoms with Crippen molar-refractivity contribution in [1.82, 2.24) is 9.78 Å². The first kappa shape index (κ1) is 19.0. The van der Waals surface area contributed by atoms with Gasteiger partial charge in [-0.15, -0.1) is 5.10 Å². The Bertz CT molecular complexity index is 934. The molecule has 1 aliphatic heterocycles. The molecule has 1 fully saturated rings. The molecule has 0 aliphatic carbocycles. The zero-order chi connectivity index (χ0) is 20.1. The van der Waals surface area contributed by atoms with Crippen molar-refractivity contribution in [1.29, 1.82) is 0 Å². The van der Waals surface area contributed by atoms with Gasteiger partial charge in [0.1, 0.15) is 0 Å². The van der Waals surface area contributed by atoms with Gasteiger partial charge in [0, 0.05) is 36.7 Å². The van der Waals surface area contributed by atoms with Crippen molar-refractivity contribution in [2.24, 2.45) is 0 Å². The molecule has 1 saturated heterocycles. The summed E-state index contributed by atoms with van der Waals surface area (Å²) >= 11 is 0. The first-order valence-corrected chi connectivity index (χ1v) is 9.70. The van der Waals surface area contributed by atoms with Gasteiger partial charge in [-0.2, -0.15) is 0 Å². The lowest BCUT2D eigenvalue weighted by atomic mass is 10.2. The molecule has 1 unspecified atom stereocenters. The van der Waals surface area contributed by atoms with Gasteiger partial charge in [0.15, 0.2) is 6.10 Å². The van der Waals surface area contributed by atoms with E-state index in [0.29, 0.717) is 5.88 Å². The third kappa shape index (κ3) is 4.75. The number of amides is 1. The summed E-state index contributed by atoms with van der Waals surface area (Å²) in [5, 5.41) is 7.26. The predicted octanol–water partition coefficient (Wildman–Crippen LogP) is 3.11. The summed E-state index contributed by atoms with van der Waals surface area (Å²) < 4.78 is 12.8. The molecular weight excluding hydrogens is 368 g/mol. The number of ether oxygens (including phenoxy) is 2. The van der Waals surface area contributed by atoms with Gasteiger partial charge in [-0.25, -0.2) is 4.68 Å². The molecule has 0 saturated carbocycles. The van der Waals surface area contributed by atoms with Crippen LogP contribution in [-0.2, 0) is 9.53 Å². The van der Waals surface area contributed by atoms with Gasteiger partial charge < -0.3 is 19.7 Å². The molecular formula is C22H24N4O3. The van der Waals surface area contributed by atoms with Crippen LogP contribution in [0.1, 0.15) is 6.92 Å². The van der Waals surface area contributed by atoms with Crippen molar-refractivity contribution in [3.05, 3.63) is 66.9 Å². The highest BCUT2D eigenvalue weighted by Crippen LogP contribution is 2.19. The van der Waals surface area contributed by atoms with Crippen LogP contribution >= 0.6 is 0 Å². The molecule has 1 aromatic heterocycles. The fourth-order valence-electron chi connectivity index (χ4n) is 3.15. The van der Waals surface area contributed by atoms with E-state index < -0.39 is 6.10 Å². The van der Waals surface area contributed by atoms with Crippen molar-refractivity contribution in [3.63, 3.8) is 0 Å². The number of hydrogen-bond acceptors (Lipinski definition) is 5. The van der Waals surface area contributed by atoms with Crippen LogP contribution in [0.2, 0.25) is 0 Å². The second-order valence-corrected chi connectivity index (χ2v) is 6.83. The Balaban J connectivity index is 1.33. The predicted molar refractivity (Wildman–Crippen MR) is 112 cm³/mol. The van der Waals surface area contributed by atoms with Crippen LogP contribution in [0, 0.1) is 0 Å². The van der Waals surface area contributed by atoms with Crippen LogP contribution in [-0.4, -0.2) is 48.1 Å². The third-order valence-electron chi connectivity index (χ3n) is 4.76. The average Bonchev–Trinajstić information content (AvgIpc) is 3.24. The van der Waals surface area contributed by atoms with Gasteiger partial charge in [0.2, 0.25) is 5.88 Å². The number of hydrogen-bond donors (Lipinski definition) is 1. The van der Waals surface area contributed by atoms with Gasteiger partial charge in [-0.1, -0.05) is 18.2 Å². The monoisotopic (exact) mass is 392 g/mol. The molecule has 0 bridgehead atoms. The Labute approximate surface area is 169 Å². The second-order valence-electron chi connectivity index (χ2n) is 6.83. The van der Waals surface area contributed by atoms with Gasteiger partial charge in [0.05, 0.1) is 18.9 Å². The molecule has 150 valence electrons. The molecule has 3 aromatic rings. The first-order chi connectivity index (χ1) is 14.2. The van der Waals surface area contributed by atoms with Crippen LogP contribution in [0.3, 0.4) is 0 Å². The fourth-order valence-corrected chi connectivity index (χ4v) is 3.15. The third-order valence-corrected chi connectivity index (χ3v) is 4.76. The van der Waals surface area contributed by atoms with Gasteiger partial charge >= 0.3 is 0 Å². The molecule has 1 aliphatic rings. The Hall–Kier alpha value is -3.32. The van der Waals surface area contributed by atoms with Crippen molar-refractivity contribution in [2.45, 2.75) is 13.0 Å². The molecule has 7 nitrogen and oxygen atoms in total. The summed E-state index contributed by atoms with van der Waals surface area (Å²) in [5.74, 6) is 0.178. The number of rotatable bonds is 6. The van der Waals surface area contributed by atoms with E-state index in [2.05, 4.69) is 15.3 Å². The molecule has 1 N–H and O–H groups in total. The number of nitrogens with zero attached hydrogens (tertiary/aromatic N) is 3. The minimum Gasteiger partial charge on any atom is -0.463 e. The van der Waals surface area contributed by atoms with E-state index in [1.54, 1.807) is 23.9 Å². The van der Waals surface area contributed by atoms with Crippen LogP contribution < -0.4 is 15.0 Å². The van der Waals surface area contributed by atoms with Crippen LogP contribution in [0.15, 0.2) is 66.9 Å². The molecule has 29 heavy (non-hydrogen) atoms. The smallest absolute Gasteiger partial charge is 0.265 e. The van der Waals surface area contributed by atoms with Gasteiger partial charge in [-0.3, -0.25) is 4.79 Å². The Morgan fingerprint density at radius 2 is 1.76 bits per heavy atom. The number of anilines is 2. The zero-order valence-corrected chi connectivity index (χ0v) is 16.3. The number of carbonyl (C=O) groups excluding carboxylic acids is 1. The molecule has 0 spiro atoms. The fraction of sp³-hybridized carbons (Fsp3) is 0.273. The summed E-state index contributed by atoms with van der Waals surface area (Å²) in [6, 6.07) is 19.3. The van der Waals surface area contributed by atoms with Crippen LogP contribution in [0.4, 0.5) is 11.4 Å². The van der Waals surface area contributed by atoms with Gasteiger partial charge in [0.25, 0.3) is 5.91 Å². The number of morpholine rings is 1. The van der Waals surface area contributed by atoms with Crippen molar-refractivity contribution < 1.29 is 14.3 Å². The zero-order valence-electron chi connectivity index (χ0n) is 16.3. The topological polar surface area (TPSA) is 68.6 Å². The summed E-state index contributed by atoms with van der Waals surface area (Å²) in [6.45, 7) is 4.96. The molecule has 1 amide bonds. The Morgan fingerprint density at radius 3 is 2.48 bits per heavy atom. The van der Waals surface area contributed by atoms with E-state index in [-0.39, 0.29) is 5.91 Å². The average molecular weight is 392 g/mol. The molecule has 2 aromatic carbocycles. The maximum Gasteiger partial charge on any atom is 0.265 e. The van der Waals surface area contributed by atoms with Crippen molar-refractivity contribution in [2.75, 3.05) is 36.5 Å². The summed E-state index contributed by atoms with van der Waals surface area (Å²) in [6.07, 6.45) is 1.13. The molecule has 1 atom stereocenters.